The van der Waals surface area contributed by atoms with E-state index in [-0.39, 0.29) is 12.5 Å². The number of nitriles is 1. The first-order chi connectivity index (χ1) is 10.1. The number of aliphatic carboxylic acids is 1. The lowest BCUT2D eigenvalue weighted by Crippen LogP contribution is -2.29. The number of rotatable bonds is 8. The number of amides is 2. The first-order valence-electron chi connectivity index (χ1n) is 6.88. The molecular formula is C15H19N3O3. The highest BCUT2D eigenvalue weighted by Crippen LogP contribution is 2.09. The molecular weight excluding hydrogens is 270 g/mol. The van der Waals surface area contributed by atoms with Crippen molar-refractivity contribution in [2.24, 2.45) is 0 Å². The number of nitrogens with one attached hydrogen (secondary N) is 2. The minimum Gasteiger partial charge on any atom is -0.481 e. The summed E-state index contributed by atoms with van der Waals surface area (Å²) >= 11 is 0. The van der Waals surface area contributed by atoms with Gasteiger partial charge in [0.2, 0.25) is 0 Å². The third-order valence-corrected chi connectivity index (χ3v) is 2.85. The normalized spacial score (nSPS) is 9.67. The molecule has 21 heavy (non-hydrogen) atoms. The number of unbranched alkanes of at least 4 members (excludes halogenated alkanes) is 3. The maximum atomic E-state index is 11.6. The first kappa shape index (κ1) is 16.5. The zero-order valence-corrected chi connectivity index (χ0v) is 11.8. The van der Waals surface area contributed by atoms with Gasteiger partial charge in [-0.2, -0.15) is 5.26 Å². The summed E-state index contributed by atoms with van der Waals surface area (Å²) in [5.41, 5.74) is 1.07. The van der Waals surface area contributed by atoms with Crippen LogP contribution in [0.2, 0.25) is 0 Å². The maximum absolute atomic E-state index is 11.6. The van der Waals surface area contributed by atoms with Crippen LogP contribution in [0.1, 0.15) is 37.7 Å². The van der Waals surface area contributed by atoms with Gasteiger partial charge in [-0.15, -0.1) is 0 Å². The molecule has 0 aliphatic carbocycles. The second kappa shape index (κ2) is 9.37. The Bertz CT molecular complexity index is 523. The number of hydrogen-bond donors (Lipinski definition) is 3. The van der Waals surface area contributed by atoms with Gasteiger partial charge in [0.15, 0.2) is 0 Å². The molecule has 0 saturated carbocycles. The number of hydrogen-bond acceptors (Lipinski definition) is 3. The SMILES string of the molecule is N#Cc1cccc(NC(=O)NCCCCCCC(=O)O)c1. The Hall–Kier alpha value is -2.55. The highest BCUT2D eigenvalue weighted by Gasteiger charge is 2.02. The first-order valence-corrected chi connectivity index (χ1v) is 6.88. The summed E-state index contributed by atoms with van der Waals surface area (Å²) in [6.45, 7) is 0.539. The molecule has 6 heteroatoms. The van der Waals surface area contributed by atoms with E-state index in [0.717, 1.165) is 19.3 Å². The second-order valence-electron chi connectivity index (χ2n) is 4.63. The highest BCUT2D eigenvalue weighted by molar-refractivity contribution is 5.89. The van der Waals surface area contributed by atoms with E-state index < -0.39 is 5.97 Å². The van der Waals surface area contributed by atoms with Crippen molar-refractivity contribution >= 4 is 17.7 Å². The summed E-state index contributed by atoms with van der Waals surface area (Å²) in [6.07, 6.45) is 3.41. The van der Waals surface area contributed by atoms with Crippen LogP contribution in [0, 0.1) is 11.3 Å². The smallest absolute Gasteiger partial charge is 0.319 e. The fraction of sp³-hybridized carbons (Fsp3) is 0.400. The molecule has 112 valence electrons. The number of benzene rings is 1. The summed E-state index contributed by atoms with van der Waals surface area (Å²) in [4.78, 5) is 21.9. The summed E-state index contributed by atoms with van der Waals surface area (Å²) < 4.78 is 0. The van der Waals surface area contributed by atoms with E-state index in [9.17, 15) is 9.59 Å². The third-order valence-electron chi connectivity index (χ3n) is 2.85. The van der Waals surface area contributed by atoms with Gasteiger partial charge in [-0.3, -0.25) is 4.79 Å². The highest BCUT2D eigenvalue weighted by atomic mass is 16.4. The van der Waals surface area contributed by atoms with Crippen LogP contribution in [0.3, 0.4) is 0 Å². The molecule has 0 bridgehead atoms. The third kappa shape index (κ3) is 7.57. The molecule has 1 rings (SSSR count). The van der Waals surface area contributed by atoms with Gasteiger partial charge in [0, 0.05) is 18.7 Å². The number of carboxylic acid groups (broad SMARTS) is 1. The Morgan fingerprint density at radius 2 is 1.95 bits per heavy atom. The molecule has 0 atom stereocenters. The van der Waals surface area contributed by atoms with Crippen molar-refractivity contribution in [2.75, 3.05) is 11.9 Å². The summed E-state index contributed by atoms with van der Waals surface area (Å²) in [5.74, 6) is -0.771. The molecule has 0 aliphatic rings. The maximum Gasteiger partial charge on any atom is 0.319 e. The van der Waals surface area contributed by atoms with E-state index in [0.29, 0.717) is 24.2 Å². The predicted octanol–water partition coefficient (Wildman–Crippen LogP) is 2.71. The minimum atomic E-state index is -0.771. The number of anilines is 1. The van der Waals surface area contributed by atoms with Crippen molar-refractivity contribution in [3.63, 3.8) is 0 Å². The van der Waals surface area contributed by atoms with Crippen LogP contribution < -0.4 is 10.6 Å². The van der Waals surface area contributed by atoms with E-state index in [1.807, 2.05) is 6.07 Å². The molecule has 0 saturated heterocycles. The number of carbonyl (C=O) groups excluding carboxylic acids is 1. The summed E-state index contributed by atoms with van der Waals surface area (Å²) in [6, 6.07) is 8.39. The van der Waals surface area contributed by atoms with Gasteiger partial charge in [0.25, 0.3) is 0 Å². The molecule has 2 amide bonds. The summed E-state index contributed by atoms with van der Waals surface area (Å²) in [5, 5.41) is 22.6. The average Bonchev–Trinajstić information content (AvgIpc) is 2.46. The zero-order chi connectivity index (χ0) is 15.5. The van der Waals surface area contributed by atoms with Crippen molar-refractivity contribution in [2.45, 2.75) is 32.1 Å². The van der Waals surface area contributed by atoms with Crippen molar-refractivity contribution in [3.05, 3.63) is 29.8 Å². The molecule has 0 unspecified atom stereocenters. The van der Waals surface area contributed by atoms with Gasteiger partial charge in [-0.1, -0.05) is 18.9 Å². The Morgan fingerprint density at radius 1 is 1.19 bits per heavy atom. The number of carbonyl (C=O) groups is 2. The molecule has 0 aliphatic heterocycles. The van der Waals surface area contributed by atoms with Crippen molar-refractivity contribution in [1.82, 2.24) is 5.32 Å². The lowest BCUT2D eigenvalue weighted by Gasteiger charge is -2.07. The second-order valence-corrected chi connectivity index (χ2v) is 4.63. The van der Waals surface area contributed by atoms with Crippen molar-refractivity contribution in [1.29, 1.82) is 5.26 Å². The standard InChI is InChI=1S/C15H19N3O3/c16-11-12-6-5-7-13(10-12)18-15(21)17-9-4-2-1-3-8-14(19)20/h5-7,10H,1-4,8-9H2,(H,19,20)(H2,17,18,21). The molecule has 1 aromatic carbocycles. The number of nitrogens with zero attached hydrogens (tertiary/aromatic N) is 1. The topological polar surface area (TPSA) is 102 Å². The number of urea groups is 1. The van der Waals surface area contributed by atoms with Gasteiger partial charge in [-0.25, -0.2) is 4.79 Å². The average molecular weight is 289 g/mol. The van der Waals surface area contributed by atoms with E-state index in [1.54, 1.807) is 24.3 Å². The van der Waals surface area contributed by atoms with Crippen LogP contribution in [-0.2, 0) is 4.79 Å². The Morgan fingerprint density at radius 3 is 2.67 bits per heavy atom. The van der Waals surface area contributed by atoms with Crippen LogP contribution in [-0.4, -0.2) is 23.7 Å². The van der Waals surface area contributed by atoms with E-state index in [1.165, 1.54) is 0 Å². The Labute approximate surface area is 123 Å². The van der Waals surface area contributed by atoms with E-state index in [4.69, 9.17) is 10.4 Å². The molecule has 0 radical (unpaired) electrons. The van der Waals surface area contributed by atoms with Crippen LogP contribution in [0.25, 0.3) is 0 Å². The molecule has 6 nitrogen and oxygen atoms in total. The lowest BCUT2D eigenvalue weighted by atomic mass is 10.1. The van der Waals surface area contributed by atoms with E-state index in [2.05, 4.69) is 10.6 Å². The molecule has 1 aromatic rings. The molecule has 0 heterocycles. The summed E-state index contributed by atoms with van der Waals surface area (Å²) in [7, 11) is 0. The van der Waals surface area contributed by atoms with E-state index >= 15 is 0 Å². The monoisotopic (exact) mass is 289 g/mol. The van der Waals surface area contributed by atoms with Gasteiger partial charge in [-0.05, 0) is 31.0 Å². The minimum absolute atomic E-state index is 0.198. The largest absolute Gasteiger partial charge is 0.481 e. The van der Waals surface area contributed by atoms with Crippen LogP contribution in [0.5, 0.6) is 0 Å². The van der Waals surface area contributed by atoms with Gasteiger partial charge in [0.05, 0.1) is 11.6 Å². The fourth-order valence-corrected chi connectivity index (χ4v) is 1.80. The quantitative estimate of drug-likeness (QED) is 0.640. The van der Waals surface area contributed by atoms with Gasteiger partial charge < -0.3 is 15.7 Å². The van der Waals surface area contributed by atoms with Crippen molar-refractivity contribution in [3.8, 4) is 6.07 Å². The number of carboxylic acids is 1. The Kier molecular flexibility index (Phi) is 7.36. The van der Waals surface area contributed by atoms with Crippen LogP contribution in [0.4, 0.5) is 10.5 Å². The van der Waals surface area contributed by atoms with Gasteiger partial charge in [0.1, 0.15) is 0 Å². The van der Waals surface area contributed by atoms with Crippen LogP contribution >= 0.6 is 0 Å². The lowest BCUT2D eigenvalue weighted by molar-refractivity contribution is -0.137. The molecule has 0 fully saturated rings. The zero-order valence-electron chi connectivity index (χ0n) is 11.8. The van der Waals surface area contributed by atoms with Gasteiger partial charge >= 0.3 is 12.0 Å². The molecule has 3 N–H and O–H groups in total. The fourth-order valence-electron chi connectivity index (χ4n) is 1.80. The molecule has 0 spiro atoms. The predicted molar refractivity (Wildman–Crippen MR) is 78.9 cm³/mol. The van der Waals surface area contributed by atoms with Crippen LogP contribution in [0.15, 0.2) is 24.3 Å². The van der Waals surface area contributed by atoms with Crippen molar-refractivity contribution < 1.29 is 14.7 Å². The Balaban J connectivity index is 2.14. The molecule has 0 aromatic heterocycles.